The molecule has 0 aliphatic rings. The minimum atomic E-state index is -5.08. The SMILES string of the molecule is CCOC(=O)OC(C)NCC(=O)O.O=C(O)C(F)(F)F. The summed E-state index contributed by atoms with van der Waals surface area (Å²) in [6, 6.07) is 0. The lowest BCUT2D eigenvalue weighted by Crippen LogP contribution is -2.35. The molecule has 0 radical (unpaired) electrons. The molecule has 0 amide bonds. The van der Waals surface area contributed by atoms with E-state index in [9.17, 15) is 22.8 Å². The molecule has 0 heterocycles. The van der Waals surface area contributed by atoms with Gasteiger partial charge in [0.1, 0.15) is 0 Å². The van der Waals surface area contributed by atoms with Gasteiger partial charge in [-0.3, -0.25) is 10.1 Å². The van der Waals surface area contributed by atoms with Gasteiger partial charge in [-0.25, -0.2) is 9.59 Å². The van der Waals surface area contributed by atoms with Crippen LogP contribution in [-0.2, 0) is 19.1 Å². The molecule has 0 spiro atoms. The second-order valence-corrected chi connectivity index (χ2v) is 3.02. The average Bonchev–Trinajstić information content (AvgIpc) is 2.26. The second kappa shape index (κ2) is 9.83. The Bertz CT molecular complexity index is 332. The number of carboxylic acid groups (broad SMARTS) is 2. The van der Waals surface area contributed by atoms with Crippen LogP contribution in [0.2, 0.25) is 0 Å². The zero-order valence-electron chi connectivity index (χ0n) is 10.6. The van der Waals surface area contributed by atoms with Crippen molar-refractivity contribution in [2.75, 3.05) is 13.2 Å². The van der Waals surface area contributed by atoms with Crippen molar-refractivity contribution in [2.24, 2.45) is 0 Å². The summed E-state index contributed by atoms with van der Waals surface area (Å²) in [6.07, 6.45) is -6.57. The lowest BCUT2D eigenvalue weighted by Gasteiger charge is -2.12. The second-order valence-electron chi connectivity index (χ2n) is 3.02. The first-order valence-electron chi connectivity index (χ1n) is 5.09. The predicted molar refractivity (Wildman–Crippen MR) is 56.9 cm³/mol. The van der Waals surface area contributed by atoms with E-state index in [1.165, 1.54) is 6.92 Å². The Morgan fingerprint density at radius 2 is 1.70 bits per heavy atom. The third-order valence-electron chi connectivity index (χ3n) is 1.32. The van der Waals surface area contributed by atoms with Gasteiger partial charge in [-0.15, -0.1) is 0 Å². The highest BCUT2D eigenvalue weighted by Crippen LogP contribution is 2.13. The fourth-order valence-corrected chi connectivity index (χ4v) is 0.569. The normalized spacial score (nSPS) is 11.7. The van der Waals surface area contributed by atoms with Crippen molar-refractivity contribution in [1.82, 2.24) is 5.32 Å². The van der Waals surface area contributed by atoms with Crippen LogP contribution in [0.4, 0.5) is 18.0 Å². The molecule has 0 aromatic heterocycles. The number of nitrogens with one attached hydrogen (secondary N) is 1. The molecule has 0 aromatic rings. The molecule has 0 fully saturated rings. The third-order valence-corrected chi connectivity index (χ3v) is 1.32. The van der Waals surface area contributed by atoms with Gasteiger partial charge in [-0.1, -0.05) is 0 Å². The Morgan fingerprint density at radius 1 is 1.25 bits per heavy atom. The molecule has 8 nitrogen and oxygen atoms in total. The zero-order valence-corrected chi connectivity index (χ0v) is 10.6. The van der Waals surface area contributed by atoms with Gasteiger partial charge in [0, 0.05) is 0 Å². The largest absolute Gasteiger partial charge is 0.509 e. The summed E-state index contributed by atoms with van der Waals surface area (Å²) in [4.78, 5) is 29.6. The zero-order chi connectivity index (χ0) is 16.3. The van der Waals surface area contributed by atoms with Crippen LogP contribution in [-0.4, -0.2) is 53.9 Å². The van der Waals surface area contributed by atoms with E-state index in [1.807, 2.05) is 0 Å². The van der Waals surface area contributed by atoms with Crippen molar-refractivity contribution in [3.8, 4) is 0 Å². The quantitative estimate of drug-likeness (QED) is 0.504. The maximum absolute atomic E-state index is 10.7. The Kier molecular flexibility index (Phi) is 9.97. The first-order valence-corrected chi connectivity index (χ1v) is 5.09. The fraction of sp³-hybridized carbons (Fsp3) is 0.667. The van der Waals surface area contributed by atoms with E-state index in [1.54, 1.807) is 6.92 Å². The lowest BCUT2D eigenvalue weighted by atomic mass is 10.6. The molecule has 0 aromatic carbocycles. The van der Waals surface area contributed by atoms with Gasteiger partial charge in [0.05, 0.1) is 13.2 Å². The number of alkyl halides is 3. The maximum Gasteiger partial charge on any atom is 0.509 e. The van der Waals surface area contributed by atoms with E-state index in [0.717, 1.165) is 0 Å². The monoisotopic (exact) mass is 305 g/mol. The highest BCUT2D eigenvalue weighted by atomic mass is 19.4. The van der Waals surface area contributed by atoms with E-state index in [4.69, 9.17) is 15.0 Å². The highest BCUT2D eigenvalue weighted by Gasteiger charge is 2.38. The molecular formula is C9H14F3NO7. The molecular weight excluding hydrogens is 291 g/mol. The molecule has 0 rings (SSSR count). The molecule has 20 heavy (non-hydrogen) atoms. The Morgan fingerprint density at radius 3 is 2.00 bits per heavy atom. The summed E-state index contributed by atoms with van der Waals surface area (Å²) in [5.74, 6) is -3.77. The summed E-state index contributed by atoms with van der Waals surface area (Å²) in [5.41, 5.74) is 0. The van der Waals surface area contributed by atoms with Crippen molar-refractivity contribution < 1.29 is 47.2 Å². The molecule has 118 valence electrons. The highest BCUT2D eigenvalue weighted by molar-refractivity contribution is 5.73. The first kappa shape index (κ1) is 20.3. The molecule has 0 aliphatic carbocycles. The number of hydrogen-bond acceptors (Lipinski definition) is 6. The minimum Gasteiger partial charge on any atom is -0.480 e. The van der Waals surface area contributed by atoms with Crippen molar-refractivity contribution in [2.45, 2.75) is 26.3 Å². The summed E-state index contributed by atoms with van der Waals surface area (Å²) < 4.78 is 40.8. The number of carboxylic acids is 2. The summed E-state index contributed by atoms with van der Waals surface area (Å²) in [7, 11) is 0. The van der Waals surface area contributed by atoms with Crippen LogP contribution in [0.5, 0.6) is 0 Å². The topological polar surface area (TPSA) is 122 Å². The van der Waals surface area contributed by atoms with Crippen molar-refractivity contribution >= 4 is 18.1 Å². The number of carbonyl (C=O) groups excluding carboxylic acids is 1. The van der Waals surface area contributed by atoms with E-state index < -0.39 is 30.5 Å². The molecule has 1 unspecified atom stereocenters. The fourth-order valence-electron chi connectivity index (χ4n) is 0.569. The van der Waals surface area contributed by atoms with Crippen LogP contribution in [0, 0.1) is 0 Å². The van der Waals surface area contributed by atoms with Gasteiger partial charge in [0.15, 0.2) is 6.23 Å². The van der Waals surface area contributed by atoms with Crippen LogP contribution < -0.4 is 5.32 Å². The molecule has 11 heteroatoms. The molecule has 0 bridgehead atoms. The van der Waals surface area contributed by atoms with Crippen molar-refractivity contribution in [3.05, 3.63) is 0 Å². The number of aliphatic carboxylic acids is 2. The third kappa shape index (κ3) is 14.0. The van der Waals surface area contributed by atoms with Crippen LogP contribution in [0.15, 0.2) is 0 Å². The standard InChI is InChI=1S/C7H13NO5.C2HF3O2/c1-3-12-7(11)13-5(2)8-4-6(9)10;3-2(4,5)1(6)7/h5,8H,3-4H2,1-2H3,(H,9,10);(H,6,7). The summed E-state index contributed by atoms with van der Waals surface area (Å²) in [5, 5.41) is 17.8. The van der Waals surface area contributed by atoms with Gasteiger partial charge in [0.2, 0.25) is 0 Å². The van der Waals surface area contributed by atoms with Crippen LogP contribution in [0.1, 0.15) is 13.8 Å². The number of hydrogen-bond donors (Lipinski definition) is 3. The van der Waals surface area contributed by atoms with Crippen LogP contribution in [0.25, 0.3) is 0 Å². The predicted octanol–water partition coefficient (Wildman–Crippen LogP) is 0.813. The average molecular weight is 305 g/mol. The smallest absolute Gasteiger partial charge is 0.480 e. The molecule has 0 saturated heterocycles. The van der Waals surface area contributed by atoms with E-state index in [-0.39, 0.29) is 13.2 Å². The number of carbonyl (C=O) groups is 3. The van der Waals surface area contributed by atoms with Gasteiger partial charge in [-0.05, 0) is 13.8 Å². The Balaban J connectivity index is 0. The lowest BCUT2D eigenvalue weighted by molar-refractivity contribution is -0.192. The molecule has 3 N–H and O–H groups in total. The number of ether oxygens (including phenoxy) is 2. The van der Waals surface area contributed by atoms with Gasteiger partial charge in [-0.2, -0.15) is 13.2 Å². The molecule has 0 saturated carbocycles. The summed E-state index contributed by atoms with van der Waals surface area (Å²) >= 11 is 0. The van der Waals surface area contributed by atoms with Crippen molar-refractivity contribution in [3.63, 3.8) is 0 Å². The van der Waals surface area contributed by atoms with Crippen LogP contribution >= 0.6 is 0 Å². The molecule has 0 aliphatic heterocycles. The number of halogens is 3. The van der Waals surface area contributed by atoms with Gasteiger partial charge in [0.25, 0.3) is 0 Å². The Hall–Kier alpha value is -2.04. The maximum atomic E-state index is 10.7. The van der Waals surface area contributed by atoms with Gasteiger partial charge >= 0.3 is 24.3 Å². The summed E-state index contributed by atoms with van der Waals surface area (Å²) in [6.45, 7) is 3.13. The minimum absolute atomic E-state index is 0.227. The molecule has 1 atom stereocenters. The van der Waals surface area contributed by atoms with Gasteiger partial charge < -0.3 is 19.7 Å². The first-order chi connectivity index (χ1) is 9.00. The van der Waals surface area contributed by atoms with E-state index >= 15 is 0 Å². The van der Waals surface area contributed by atoms with Crippen molar-refractivity contribution in [1.29, 1.82) is 0 Å². The number of rotatable bonds is 5. The van der Waals surface area contributed by atoms with Crippen LogP contribution in [0.3, 0.4) is 0 Å². The Labute approximate surface area is 111 Å². The van der Waals surface area contributed by atoms with E-state index in [2.05, 4.69) is 14.8 Å². The van der Waals surface area contributed by atoms with E-state index in [0.29, 0.717) is 0 Å².